The van der Waals surface area contributed by atoms with Gasteiger partial charge in [-0.05, 0) is 36.0 Å². The first-order valence-corrected chi connectivity index (χ1v) is 11.9. The van der Waals surface area contributed by atoms with Crippen LogP contribution in [-0.4, -0.2) is 30.1 Å². The highest BCUT2D eigenvalue weighted by atomic mass is 35.5. The first-order valence-electron chi connectivity index (χ1n) is 9.12. The van der Waals surface area contributed by atoms with Crippen LogP contribution in [0.5, 0.6) is 0 Å². The Morgan fingerprint density at radius 1 is 1.28 bits per heavy atom. The topological polar surface area (TPSA) is 108 Å². The number of hydrogen-bond acceptors (Lipinski definition) is 6. The van der Waals surface area contributed by atoms with Crippen LogP contribution >= 0.6 is 22.9 Å². The standard InChI is InChI=1S/C19H26ClN3O4S2/c1-11(2)13-6-7-14(20)16(12(3)4)17(13)22-15(24)10-19(5,25)23-29(26,27)18-21-8-9-28-18/h6-9,11-12,23,25H,10H2,1-5H3,(H,22,24). The molecule has 0 saturated heterocycles. The number of rotatable bonds is 8. The minimum atomic E-state index is -4.04. The van der Waals surface area contributed by atoms with Gasteiger partial charge in [0.1, 0.15) is 5.72 Å². The zero-order valence-corrected chi connectivity index (χ0v) is 19.4. The lowest BCUT2D eigenvalue weighted by Crippen LogP contribution is -2.48. The quantitative estimate of drug-likeness (QED) is 0.516. The van der Waals surface area contributed by atoms with Gasteiger partial charge < -0.3 is 10.4 Å². The summed E-state index contributed by atoms with van der Waals surface area (Å²) in [7, 11) is -4.04. The zero-order chi connectivity index (χ0) is 22.0. The number of halogens is 1. The van der Waals surface area contributed by atoms with Gasteiger partial charge >= 0.3 is 0 Å². The number of carbonyl (C=O) groups excluding carboxylic acids is 1. The maximum atomic E-state index is 12.7. The number of sulfonamides is 1. The van der Waals surface area contributed by atoms with Crippen molar-refractivity contribution in [1.29, 1.82) is 0 Å². The summed E-state index contributed by atoms with van der Waals surface area (Å²) in [6.07, 6.45) is 0.861. The molecule has 1 amide bonds. The fraction of sp³-hybridized carbons (Fsp3) is 0.474. The third kappa shape index (κ3) is 5.99. The molecule has 0 aliphatic rings. The summed E-state index contributed by atoms with van der Waals surface area (Å²) in [6, 6.07) is 3.66. The maximum Gasteiger partial charge on any atom is 0.270 e. The van der Waals surface area contributed by atoms with E-state index in [4.69, 9.17) is 11.6 Å². The van der Waals surface area contributed by atoms with Gasteiger partial charge in [-0.2, -0.15) is 4.72 Å². The molecule has 3 N–H and O–H groups in total. The van der Waals surface area contributed by atoms with Crippen molar-refractivity contribution in [2.75, 3.05) is 5.32 Å². The Labute approximate surface area is 180 Å². The van der Waals surface area contributed by atoms with E-state index in [0.717, 1.165) is 22.5 Å². The number of carbonyl (C=O) groups is 1. The molecule has 2 rings (SSSR count). The summed E-state index contributed by atoms with van der Waals surface area (Å²) in [5.74, 6) is -0.354. The van der Waals surface area contributed by atoms with Gasteiger partial charge in [0.05, 0.1) is 6.42 Å². The molecular formula is C19H26ClN3O4S2. The van der Waals surface area contributed by atoms with Crippen LogP contribution in [0.25, 0.3) is 0 Å². The number of anilines is 1. The van der Waals surface area contributed by atoms with E-state index < -0.39 is 28.1 Å². The second-order valence-corrected chi connectivity index (χ2v) is 10.8. The molecule has 0 aliphatic carbocycles. The van der Waals surface area contributed by atoms with Gasteiger partial charge in [-0.25, -0.2) is 13.4 Å². The molecule has 0 fully saturated rings. The van der Waals surface area contributed by atoms with Crippen molar-refractivity contribution in [2.45, 2.75) is 62.9 Å². The van der Waals surface area contributed by atoms with Gasteiger partial charge in [0.25, 0.3) is 10.0 Å². The average molecular weight is 460 g/mol. The number of nitrogens with one attached hydrogen (secondary N) is 2. The molecule has 1 unspecified atom stereocenters. The van der Waals surface area contributed by atoms with E-state index in [1.165, 1.54) is 18.5 Å². The van der Waals surface area contributed by atoms with Crippen molar-refractivity contribution in [1.82, 2.24) is 9.71 Å². The lowest BCUT2D eigenvalue weighted by atomic mass is 9.92. The Bertz CT molecular complexity index is 972. The van der Waals surface area contributed by atoms with E-state index in [-0.39, 0.29) is 16.2 Å². The Balaban J connectivity index is 2.25. The highest BCUT2D eigenvalue weighted by Crippen LogP contribution is 2.37. The number of amides is 1. The zero-order valence-electron chi connectivity index (χ0n) is 17.0. The van der Waals surface area contributed by atoms with Gasteiger partial charge in [-0.1, -0.05) is 45.4 Å². The monoisotopic (exact) mass is 459 g/mol. The predicted molar refractivity (Wildman–Crippen MR) is 116 cm³/mol. The lowest BCUT2D eigenvalue weighted by Gasteiger charge is -2.25. The van der Waals surface area contributed by atoms with Gasteiger partial charge in [-0.3, -0.25) is 4.79 Å². The smallest absolute Gasteiger partial charge is 0.270 e. The van der Waals surface area contributed by atoms with Gasteiger partial charge in [0.2, 0.25) is 10.2 Å². The van der Waals surface area contributed by atoms with Crippen molar-refractivity contribution in [2.24, 2.45) is 0 Å². The molecule has 0 bridgehead atoms. The van der Waals surface area contributed by atoms with Crippen LogP contribution in [0.4, 0.5) is 5.69 Å². The average Bonchev–Trinajstić information content (AvgIpc) is 3.07. The van der Waals surface area contributed by atoms with Crippen LogP contribution in [0.1, 0.15) is 64.0 Å². The molecule has 0 aliphatic heterocycles. The predicted octanol–water partition coefficient (Wildman–Crippen LogP) is 4.06. The van der Waals surface area contributed by atoms with Gasteiger partial charge in [0.15, 0.2) is 0 Å². The van der Waals surface area contributed by atoms with Crippen LogP contribution in [0, 0.1) is 0 Å². The molecule has 0 radical (unpaired) electrons. The third-order valence-electron chi connectivity index (χ3n) is 4.19. The molecular weight excluding hydrogens is 434 g/mol. The highest BCUT2D eigenvalue weighted by Gasteiger charge is 2.32. The molecule has 1 atom stereocenters. The van der Waals surface area contributed by atoms with E-state index in [0.29, 0.717) is 10.7 Å². The minimum Gasteiger partial charge on any atom is -0.375 e. The molecule has 7 nitrogen and oxygen atoms in total. The summed E-state index contributed by atoms with van der Waals surface area (Å²) in [6.45, 7) is 9.17. The molecule has 0 saturated carbocycles. The fourth-order valence-electron chi connectivity index (χ4n) is 3.00. The molecule has 160 valence electrons. The van der Waals surface area contributed by atoms with E-state index >= 15 is 0 Å². The number of thiazole rings is 1. The summed E-state index contributed by atoms with van der Waals surface area (Å²) in [5, 5.41) is 15.4. The molecule has 1 aromatic carbocycles. The second-order valence-electron chi connectivity index (χ2n) is 7.64. The van der Waals surface area contributed by atoms with Gasteiger partial charge in [-0.15, -0.1) is 11.3 Å². The van der Waals surface area contributed by atoms with E-state index in [1.807, 2.05) is 33.8 Å². The van der Waals surface area contributed by atoms with E-state index in [2.05, 4.69) is 15.0 Å². The normalized spacial score (nSPS) is 14.2. The van der Waals surface area contributed by atoms with Crippen LogP contribution in [0.3, 0.4) is 0 Å². The van der Waals surface area contributed by atoms with Crippen LogP contribution in [0.2, 0.25) is 5.02 Å². The Morgan fingerprint density at radius 2 is 1.93 bits per heavy atom. The molecule has 1 aromatic heterocycles. The molecule has 1 heterocycles. The van der Waals surface area contributed by atoms with Crippen LogP contribution in [0.15, 0.2) is 28.0 Å². The third-order valence-corrected chi connectivity index (χ3v) is 7.30. The Morgan fingerprint density at radius 3 is 2.45 bits per heavy atom. The highest BCUT2D eigenvalue weighted by molar-refractivity contribution is 7.91. The van der Waals surface area contributed by atoms with Crippen molar-refractivity contribution in [3.8, 4) is 0 Å². The number of aromatic nitrogens is 1. The van der Waals surface area contributed by atoms with Crippen molar-refractivity contribution in [3.63, 3.8) is 0 Å². The first kappa shape index (κ1) is 23.8. The molecule has 0 spiro atoms. The van der Waals surface area contributed by atoms with Crippen molar-refractivity contribution < 1.29 is 18.3 Å². The van der Waals surface area contributed by atoms with Crippen molar-refractivity contribution in [3.05, 3.63) is 39.9 Å². The molecule has 2 aromatic rings. The number of aliphatic hydroxyl groups is 1. The van der Waals surface area contributed by atoms with Crippen molar-refractivity contribution >= 4 is 44.6 Å². The number of hydrogen-bond donors (Lipinski definition) is 3. The largest absolute Gasteiger partial charge is 0.375 e. The van der Waals surface area contributed by atoms with Crippen LogP contribution in [-0.2, 0) is 14.8 Å². The van der Waals surface area contributed by atoms with Crippen LogP contribution < -0.4 is 10.0 Å². The lowest BCUT2D eigenvalue weighted by molar-refractivity contribution is -0.120. The summed E-state index contributed by atoms with van der Waals surface area (Å²) >= 11 is 7.28. The number of nitrogens with zero attached hydrogens (tertiary/aromatic N) is 1. The van der Waals surface area contributed by atoms with Gasteiger partial charge in [0, 0.05) is 22.3 Å². The minimum absolute atomic E-state index is 0.0559. The summed E-state index contributed by atoms with van der Waals surface area (Å²) < 4.78 is 26.6. The molecule has 29 heavy (non-hydrogen) atoms. The SMILES string of the molecule is CC(C)c1ccc(Cl)c(C(C)C)c1NC(=O)CC(C)(O)NS(=O)(=O)c1nccs1. The second kappa shape index (κ2) is 9.09. The summed E-state index contributed by atoms with van der Waals surface area (Å²) in [4.78, 5) is 16.4. The van der Waals surface area contributed by atoms with E-state index in [1.54, 1.807) is 6.07 Å². The molecule has 10 heteroatoms. The Kier molecular flexibility index (Phi) is 7.45. The first-order chi connectivity index (χ1) is 13.3. The number of benzene rings is 1. The maximum absolute atomic E-state index is 12.7. The fourth-order valence-corrected chi connectivity index (χ4v) is 5.48. The summed E-state index contributed by atoms with van der Waals surface area (Å²) in [5.41, 5.74) is 0.318. The Hall–Kier alpha value is -1.52. The van der Waals surface area contributed by atoms with E-state index in [9.17, 15) is 18.3 Å².